The lowest BCUT2D eigenvalue weighted by atomic mass is 9.96. The highest BCUT2D eigenvalue weighted by Crippen LogP contribution is 2.39. The van der Waals surface area contributed by atoms with Crippen molar-refractivity contribution in [2.75, 3.05) is 6.61 Å². The van der Waals surface area contributed by atoms with Gasteiger partial charge in [0.25, 0.3) is 0 Å². The van der Waals surface area contributed by atoms with E-state index in [-0.39, 0.29) is 16.7 Å². The van der Waals surface area contributed by atoms with E-state index in [4.69, 9.17) is 23.7 Å². The predicted octanol–water partition coefficient (Wildman–Crippen LogP) is 6.50. The SMILES string of the molecule is Cc1ccccc1C(=O)OC[C@H]1O[C@@H](OC(=O)c2ccccc2C)[C@](C)(OC(=O)c2ccccc2C)[C@@H]1OC(=O)c1ccccc1C. The Balaban J connectivity index is 1.53. The zero-order valence-electron chi connectivity index (χ0n) is 26.9. The molecule has 5 rings (SSSR count). The average Bonchev–Trinajstić information content (AvgIpc) is 3.29. The maximum absolute atomic E-state index is 13.7. The molecular weight excluding hydrogens is 600 g/mol. The first kappa shape index (κ1) is 33.1. The van der Waals surface area contributed by atoms with Gasteiger partial charge < -0.3 is 23.7 Å². The van der Waals surface area contributed by atoms with E-state index in [0.717, 1.165) is 0 Å². The summed E-state index contributed by atoms with van der Waals surface area (Å²) in [6, 6.07) is 27.4. The number of benzene rings is 4. The zero-order valence-corrected chi connectivity index (χ0v) is 26.9. The summed E-state index contributed by atoms with van der Waals surface area (Å²) in [4.78, 5) is 53.9. The molecule has 0 bridgehead atoms. The van der Waals surface area contributed by atoms with Gasteiger partial charge in [-0.1, -0.05) is 72.8 Å². The highest BCUT2D eigenvalue weighted by Gasteiger charge is 2.61. The van der Waals surface area contributed by atoms with Gasteiger partial charge in [0.05, 0.1) is 22.3 Å². The van der Waals surface area contributed by atoms with Crippen molar-refractivity contribution < 1.29 is 42.9 Å². The number of aryl methyl sites for hydroxylation is 4. The van der Waals surface area contributed by atoms with Crippen LogP contribution >= 0.6 is 0 Å². The molecule has 9 nitrogen and oxygen atoms in total. The topological polar surface area (TPSA) is 114 Å². The molecular formula is C38H36O9. The number of carbonyl (C=O) groups is 4. The number of hydrogen-bond donors (Lipinski definition) is 0. The molecule has 4 atom stereocenters. The molecule has 4 aromatic carbocycles. The third-order valence-corrected chi connectivity index (χ3v) is 8.27. The number of esters is 4. The first-order valence-corrected chi connectivity index (χ1v) is 15.2. The summed E-state index contributed by atoms with van der Waals surface area (Å²) in [5.41, 5.74) is 1.92. The van der Waals surface area contributed by atoms with Crippen LogP contribution in [0.1, 0.15) is 70.6 Å². The first-order valence-electron chi connectivity index (χ1n) is 15.2. The lowest BCUT2D eigenvalue weighted by Gasteiger charge is -2.34. The minimum atomic E-state index is -1.88. The van der Waals surface area contributed by atoms with E-state index in [9.17, 15) is 19.2 Å². The van der Waals surface area contributed by atoms with Gasteiger partial charge in [-0.3, -0.25) is 0 Å². The van der Waals surface area contributed by atoms with Crippen LogP contribution in [0.2, 0.25) is 0 Å². The van der Waals surface area contributed by atoms with Crippen LogP contribution < -0.4 is 0 Å². The van der Waals surface area contributed by atoms with Gasteiger partial charge in [-0.15, -0.1) is 0 Å². The second kappa shape index (κ2) is 14.0. The second-order valence-electron chi connectivity index (χ2n) is 11.7. The normalized spacial score (nSPS) is 20.2. The van der Waals surface area contributed by atoms with Crippen molar-refractivity contribution >= 4 is 23.9 Å². The molecule has 0 amide bonds. The van der Waals surface area contributed by atoms with Gasteiger partial charge in [0, 0.05) is 0 Å². The van der Waals surface area contributed by atoms with E-state index < -0.39 is 54.6 Å². The standard InChI is InChI=1S/C38H36O9/c1-23-14-6-10-18-27(23)33(39)43-22-31-32(45-34(40)28-19-11-7-15-24(28)2)38(5,47-36(42)30-21-13-9-17-26(30)4)37(44-31)46-35(41)29-20-12-8-16-25(29)3/h6-21,31-32,37H,22H2,1-5H3/t31-,32-,37+,38-/m1/s1. The third-order valence-electron chi connectivity index (χ3n) is 8.27. The van der Waals surface area contributed by atoms with Crippen molar-refractivity contribution in [2.45, 2.75) is 58.7 Å². The average molecular weight is 637 g/mol. The Hall–Kier alpha value is -5.28. The van der Waals surface area contributed by atoms with Crippen LogP contribution in [-0.4, -0.2) is 54.6 Å². The minimum Gasteiger partial charge on any atom is -0.459 e. The van der Waals surface area contributed by atoms with Crippen molar-refractivity contribution in [2.24, 2.45) is 0 Å². The molecule has 1 aliphatic heterocycles. The molecule has 0 saturated carbocycles. The van der Waals surface area contributed by atoms with Crippen LogP contribution in [0.3, 0.4) is 0 Å². The molecule has 0 unspecified atom stereocenters. The Labute approximate surface area is 273 Å². The smallest absolute Gasteiger partial charge is 0.340 e. The molecule has 1 heterocycles. The molecule has 1 fully saturated rings. The molecule has 0 aromatic heterocycles. The van der Waals surface area contributed by atoms with Gasteiger partial charge in [-0.25, -0.2) is 19.2 Å². The number of carbonyl (C=O) groups excluding carboxylic acids is 4. The Kier molecular flexibility index (Phi) is 9.86. The number of ether oxygens (including phenoxy) is 5. The van der Waals surface area contributed by atoms with Crippen LogP contribution in [0.25, 0.3) is 0 Å². The fourth-order valence-electron chi connectivity index (χ4n) is 5.48. The van der Waals surface area contributed by atoms with Crippen LogP contribution in [0, 0.1) is 27.7 Å². The molecule has 242 valence electrons. The van der Waals surface area contributed by atoms with Crippen LogP contribution in [0.4, 0.5) is 0 Å². The summed E-state index contributed by atoms with van der Waals surface area (Å²) in [5, 5.41) is 0. The summed E-state index contributed by atoms with van der Waals surface area (Å²) < 4.78 is 29.9. The van der Waals surface area contributed by atoms with Crippen molar-refractivity contribution in [3.63, 3.8) is 0 Å². The van der Waals surface area contributed by atoms with Crippen LogP contribution in [-0.2, 0) is 23.7 Å². The molecule has 1 saturated heterocycles. The van der Waals surface area contributed by atoms with Gasteiger partial charge in [0.15, 0.2) is 6.10 Å². The van der Waals surface area contributed by atoms with Gasteiger partial charge in [0.2, 0.25) is 11.9 Å². The third kappa shape index (κ3) is 7.10. The molecule has 1 aliphatic rings. The second-order valence-corrected chi connectivity index (χ2v) is 11.7. The minimum absolute atomic E-state index is 0.260. The maximum atomic E-state index is 13.7. The van der Waals surface area contributed by atoms with E-state index in [1.165, 1.54) is 6.92 Å². The molecule has 4 aromatic rings. The summed E-state index contributed by atoms with van der Waals surface area (Å²) in [6.07, 6.45) is -4.12. The summed E-state index contributed by atoms with van der Waals surface area (Å²) in [6.45, 7) is 8.10. The van der Waals surface area contributed by atoms with Crippen molar-refractivity contribution in [3.8, 4) is 0 Å². The van der Waals surface area contributed by atoms with Gasteiger partial charge in [-0.2, -0.15) is 0 Å². The molecule has 0 aliphatic carbocycles. The predicted molar refractivity (Wildman–Crippen MR) is 172 cm³/mol. The van der Waals surface area contributed by atoms with E-state index in [1.54, 1.807) is 125 Å². The summed E-state index contributed by atoms with van der Waals surface area (Å²) >= 11 is 0. The molecule has 0 spiro atoms. The quantitative estimate of drug-likeness (QED) is 0.150. The van der Waals surface area contributed by atoms with E-state index in [1.807, 2.05) is 0 Å². The van der Waals surface area contributed by atoms with Crippen molar-refractivity contribution in [1.82, 2.24) is 0 Å². The molecule has 0 radical (unpaired) electrons. The van der Waals surface area contributed by atoms with Gasteiger partial charge in [0.1, 0.15) is 12.7 Å². The van der Waals surface area contributed by atoms with Crippen LogP contribution in [0.5, 0.6) is 0 Å². The van der Waals surface area contributed by atoms with Crippen LogP contribution in [0.15, 0.2) is 97.1 Å². The first-order chi connectivity index (χ1) is 22.5. The van der Waals surface area contributed by atoms with Crippen molar-refractivity contribution in [1.29, 1.82) is 0 Å². The van der Waals surface area contributed by atoms with E-state index in [2.05, 4.69) is 0 Å². The maximum Gasteiger partial charge on any atom is 0.340 e. The Morgan fingerprint density at radius 1 is 0.574 bits per heavy atom. The molecule has 0 N–H and O–H groups in total. The largest absolute Gasteiger partial charge is 0.459 e. The summed E-state index contributed by atoms with van der Waals surface area (Å²) in [5.74, 6) is -2.85. The van der Waals surface area contributed by atoms with E-state index >= 15 is 0 Å². The van der Waals surface area contributed by atoms with E-state index in [0.29, 0.717) is 27.8 Å². The molecule has 47 heavy (non-hydrogen) atoms. The number of hydrogen-bond acceptors (Lipinski definition) is 9. The van der Waals surface area contributed by atoms with Gasteiger partial charge >= 0.3 is 23.9 Å². The zero-order chi connectivity index (χ0) is 33.7. The highest BCUT2D eigenvalue weighted by molar-refractivity contribution is 5.93. The summed E-state index contributed by atoms with van der Waals surface area (Å²) in [7, 11) is 0. The Morgan fingerprint density at radius 3 is 1.40 bits per heavy atom. The monoisotopic (exact) mass is 636 g/mol. The highest BCUT2D eigenvalue weighted by atomic mass is 16.8. The fourth-order valence-corrected chi connectivity index (χ4v) is 5.48. The Morgan fingerprint density at radius 2 is 0.957 bits per heavy atom. The fraction of sp³-hybridized carbons (Fsp3) is 0.263. The number of rotatable bonds is 9. The molecule has 9 heteroatoms. The van der Waals surface area contributed by atoms with Crippen molar-refractivity contribution in [3.05, 3.63) is 142 Å². The Bertz CT molecular complexity index is 1810. The lowest BCUT2D eigenvalue weighted by molar-refractivity contribution is -0.175. The van der Waals surface area contributed by atoms with Gasteiger partial charge in [-0.05, 0) is 81.1 Å². The lowest BCUT2D eigenvalue weighted by Crippen LogP contribution is -2.53.